The number of rotatable bonds is 6. The Balaban J connectivity index is 1.36. The molecule has 0 fully saturated rings. The Kier molecular flexibility index (Phi) is 6.31. The average Bonchev–Trinajstić information content (AvgIpc) is 3.41. The Morgan fingerprint density at radius 2 is 1.76 bits per heavy atom. The molecule has 0 bridgehead atoms. The van der Waals surface area contributed by atoms with E-state index in [0.29, 0.717) is 12.1 Å². The number of hydrogen-bond donors (Lipinski definition) is 2. The molecule has 0 saturated carbocycles. The molecule has 0 aliphatic carbocycles. The highest BCUT2D eigenvalue weighted by Gasteiger charge is 2.36. The highest BCUT2D eigenvalue weighted by atomic mass is 19.4. The first-order valence-corrected chi connectivity index (χ1v) is 11.3. The minimum absolute atomic E-state index is 0.122. The van der Waals surface area contributed by atoms with Crippen LogP contribution in [0.3, 0.4) is 0 Å². The topological polar surface area (TPSA) is 92.7 Å². The van der Waals surface area contributed by atoms with E-state index in [-0.39, 0.29) is 40.0 Å². The van der Waals surface area contributed by atoms with Gasteiger partial charge in [-0.15, -0.1) is 0 Å². The van der Waals surface area contributed by atoms with Gasteiger partial charge in [-0.3, -0.25) is 19.3 Å². The molecule has 0 spiro atoms. The summed E-state index contributed by atoms with van der Waals surface area (Å²) in [6.07, 6.45) is -2.16. The number of aromatic amines is 1. The Hall–Kier alpha value is -4.73. The fourth-order valence-electron chi connectivity index (χ4n) is 4.05. The predicted octanol–water partition coefficient (Wildman–Crippen LogP) is 4.78. The van der Waals surface area contributed by atoms with Crippen molar-refractivity contribution < 1.29 is 18.0 Å². The van der Waals surface area contributed by atoms with Crippen molar-refractivity contribution in [2.24, 2.45) is 0 Å². The summed E-state index contributed by atoms with van der Waals surface area (Å²) >= 11 is 0. The Morgan fingerprint density at radius 1 is 0.973 bits per heavy atom. The number of halogens is 3. The number of hydrogen-bond acceptors (Lipinski definition) is 4. The quantitative estimate of drug-likeness (QED) is 0.349. The zero-order valence-electron chi connectivity index (χ0n) is 19.3. The molecule has 1 amide bonds. The van der Waals surface area contributed by atoms with Gasteiger partial charge < -0.3 is 5.32 Å². The molecule has 10 heteroatoms. The lowest BCUT2D eigenvalue weighted by Crippen LogP contribution is -2.23. The second-order valence-corrected chi connectivity index (χ2v) is 8.43. The molecule has 0 radical (unpaired) electrons. The Labute approximate surface area is 208 Å². The van der Waals surface area contributed by atoms with Gasteiger partial charge in [0.15, 0.2) is 0 Å². The molecular weight excluding hydrogens is 483 g/mol. The van der Waals surface area contributed by atoms with Crippen molar-refractivity contribution >= 4 is 16.8 Å². The van der Waals surface area contributed by atoms with Gasteiger partial charge >= 0.3 is 6.18 Å². The monoisotopic (exact) mass is 503 g/mol. The third-order valence-corrected chi connectivity index (χ3v) is 5.90. The minimum atomic E-state index is -4.59. The molecule has 5 aromatic rings. The van der Waals surface area contributed by atoms with E-state index in [2.05, 4.69) is 15.4 Å². The zero-order chi connectivity index (χ0) is 26.0. The van der Waals surface area contributed by atoms with E-state index >= 15 is 0 Å². The molecule has 2 N–H and O–H groups in total. The van der Waals surface area contributed by atoms with Crippen molar-refractivity contribution in [1.29, 1.82) is 0 Å². The summed E-state index contributed by atoms with van der Waals surface area (Å²) in [5.41, 5.74) is 1.23. The average molecular weight is 503 g/mol. The summed E-state index contributed by atoms with van der Waals surface area (Å²) in [4.78, 5) is 30.0. The van der Waals surface area contributed by atoms with Crippen molar-refractivity contribution in [3.05, 3.63) is 118 Å². The van der Waals surface area contributed by atoms with Crippen LogP contribution in [0.5, 0.6) is 0 Å². The van der Waals surface area contributed by atoms with Crippen molar-refractivity contribution in [1.82, 2.24) is 25.1 Å². The second kappa shape index (κ2) is 9.73. The van der Waals surface area contributed by atoms with E-state index in [1.807, 2.05) is 35.4 Å². The molecule has 186 valence electrons. The van der Waals surface area contributed by atoms with Crippen LogP contribution in [0.4, 0.5) is 13.2 Å². The van der Waals surface area contributed by atoms with Crippen LogP contribution in [0.1, 0.15) is 27.2 Å². The van der Waals surface area contributed by atoms with Gasteiger partial charge in [0.2, 0.25) is 0 Å². The van der Waals surface area contributed by atoms with Crippen molar-refractivity contribution in [2.45, 2.75) is 19.3 Å². The second-order valence-electron chi connectivity index (χ2n) is 8.43. The molecule has 2 heterocycles. The van der Waals surface area contributed by atoms with Gasteiger partial charge in [0, 0.05) is 17.7 Å². The molecule has 0 aliphatic heterocycles. The van der Waals surface area contributed by atoms with E-state index in [4.69, 9.17) is 0 Å². The summed E-state index contributed by atoms with van der Waals surface area (Å²) in [7, 11) is 0. The van der Waals surface area contributed by atoms with Gasteiger partial charge in [-0.05, 0) is 41.0 Å². The summed E-state index contributed by atoms with van der Waals surface area (Å²) in [5.74, 6) is -0.236. The van der Waals surface area contributed by atoms with E-state index in [1.165, 1.54) is 29.1 Å². The predicted molar refractivity (Wildman–Crippen MR) is 132 cm³/mol. The fraction of sp³-hybridized carbons (Fsp3) is 0.111. The number of nitrogens with zero attached hydrogens (tertiary/aromatic N) is 3. The van der Waals surface area contributed by atoms with Gasteiger partial charge in [0.05, 0.1) is 30.0 Å². The molecule has 0 aliphatic rings. The maximum atomic E-state index is 13.2. The van der Waals surface area contributed by atoms with Crippen LogP contribution >= 0.6 is 0 Å². The van der Waals surface area contributed by atoms with Crippen LogP contribution in [0.15, 0.2) is 90.1 Å². The number of carbonyl (C=O) groups excluding carboxylic acids is 1. The molecule has 0 unspecified atom stereocenters. The maximum Gasteiger partial charge on any atom is 0.433 e. The smallest absolute Gasteiger partial charge is 0.348 e. The first kappa shape index (κ1) is 24.0. The van der Waals surface area contributed by atoms with Crippen LogP contribution in [0.25, 0.3) is 22.0 Å². The van der Waals surface area contributed by atoms with Crippen LogP contribution < -0.4 is 10.9 Å². The number of amides is 1. The van der Waals surface area contributed by atoms with Crippen molar-refractivity contribution in [2.75, 3.05) is 0 Å². The molecule has 0 atom stereocenters. The van der Waals surface area contributed by atoms with Crippen LogP contribution in [0.2, 0.25) is 0 Å². The standard InChI is InChI=1S/C27H20F3N5O2/c28-27(29,30)24-22(14-33-34-24)19-9-10-21-23(12-19)32-16-35(26(21)37)15-18-7-4-8-20(11-18)25(36)31-13-17-5-2-1-3-6-17/h1-12,14,16H,13,15H2,(H,31,36)(H,33,34). The maximum absolute atomic E-state index is 13.2. The van der Waals surface area contributed by atoms with Gasteiger partial charge in [0.1, 0.15) is 5.69 Å². The van der Waals surface area contributed by atoms with Crippen molar-refractivity contribution in [3.63, 3.8) is 0 Å². The van der Waals surface area contributed by atoms with Gasteiger partial charge in [-0.2, -0.15) is 18.3 Å². The van der Waals surface area contributed by atoms with Crippen molar-refractivity contribution in [3.8, 4) is 11.1 Å². The van der Waals surface area contributed by atoms with Gasteiger partial charge in [0.25, 0.3) is 11.5 Å². The summed E-state index contributed by atoms with van der Waals surface area (Å²) in [5, 5.41) is 8.63. The highest BCUT2D eigenvalue weighted by molar-refractivity contribution is 5.94. The third kappa shape index (κ3) is 5.13. The lowest BCUT2D eigenvalue weighted by atomic mass is 10.0. The molecule has 3 aromatic carbocycles. The number of nitrogens with one attached hydrogen (secondary N) is 2. The first-order valence-electron chi connectivity index (χ1n) is 11.3. The number of aromatic nitrogens is 4. The van der Waals surface area contributed by atoms with E-state index in [9.17, 15) is 22.8 Å². The largest absolute Gasteiger partial charge is 0.433 e. The molecule has 37 heavy (non-hydrogen) atoms. The van der Waals surface area contributed by atoms with Crippen LogP contribution in [0, 0.1) is 0 Å². The number of H-pyrrole nitrogens is 1. The number of alkyl halides is 3. The number of fused-ring (bicyclic) bond motifs is 1. The number of carbonyl (C=O) groups is 1. The normalized spacial score (nSPS) is 11.5. The third-order valence-electron chi connectivity index (χ3n) is 5.90. The van der Waals surface area contributed by atoms with E-state index in [0.717, 1.165) is 17.3 Å². The van der Waals surface area contributed by atoms with Gasteiger partial charge in [-0.25, -0.2) is 4.98 Å². The molecular formula is C27H20F3N5O2. The van der Waals surface area contributed by atoms with E-state index < -0.39 is 11.9 Å². The van der Waals surface area contributed by atoms with E-state index in [1.54, 1.807) is 24.3 Å². The molecule has 5 rings (SSSR count). The van der Waals surface area contributed by atoms with Crippen LogP contribution in [-0.4, -0.2) is 25.7 Å². The van der Waals surface area contributed by atoms with Crippen LogP contribution in [-0.2, 0) is 19.3 Å². The summed E-state index contributed by atoms with van der Waals surface area (Å²) < 4.78 is 41.1. The lowest BCUT2D eigenvalue weighted by Gasteiger charge is -2.10. The molecule has 0 saturated heterocycles. The number of benzene rings is 3. The fourth-order valence-corrected chi connectivity index (χ4v) is 4.05. The Bertz CT molecular complexity index is 1640. The molecule has 2 aromatic heterocycles. The molecule has 7 nitrogen and oxygen atoms in total. The summed E-state index contributed by atoms with van der Waals surface area (Å²) in [6.45, 7) is 0.562. The Morgan fingerprint density at radius 3 is 2.54 bits per heavy atom. The lowest BCUT2D eigenvalue weighted by molar-refractivity contribution is -0.140. The van der Waals surface area contributed by atoms with Gasteiger partial charge in [-0.1, -0.05) is 48.5 Å². The zero-order valence-corrected chi connectivity index (χ0v) is 19.3. The summed E-state index contributed by atoms with van der Waals surface area (Å²) in [6, 6.07) is 20.8. The minimum Gasteiger partial charge on any atom is -0.348 e. The highest BCUT2D eigenvalue weighted by Crippen LogP contribution is 2.35. The first-order chi connectivity index (χ1) is 17.8. The SMILES string of the molecule is O=C(NCc1ccccc1)c1cccc(Cn2cnc3cc(-c4cn[nH]c4C(F)(F)F)ccc3c2=O)c1.